The predicted octanol–water partition coefficient (Wildman–Crippen LogP) is 3.79. The van der Waals surface area contributed by atoms with Gasteiger partial charge in [0.25, 0.3) is 0 Å². The fraction of sp³-hybridized carbons (Fsp3) is 0.412. The van der Waals surface area contributed by atoms with E-state index in [2.05, 4.69) is 9.97 Å². The molecule has 1 aromatic heterocycles. The quantitative estimate of drug-likeness (QED) is 0.851. The Hall–Kier alpha value is -2.31. The number of benzene rings is 1. The van der Waals surface area contributed by atoms with Crippen molar-refractivity contribution in [3.05, 3.63) is 48.3 Å². The number of nitrogens with zero attached hydrogens (tertiary/aromatic N) is 3. The average molecular weight is 337 g/mol. The molecule has 0 aliphatic carbocycles. The summed E-state index contributed by atoms with van der Waals surface area (Å²) in [5.41, 5.74) is -0.907. The molecule has 3 rings (SSSR count). The maximum absolute atomic E-state index is 12.8. The minimum absolute atomic E-state index is 0.134. The molecule has 0 radical (unpaired) electrons. The van der Waals surface area contributed by atoms with Gasteiger partial charge in [-0.25, -0.2) is 9.97 Å². The summed E-state index contributed by atoms with van der Waals surface area (Å²) in [7, 11) is 0. The Morgan fingerprint density at radius 3 is 2.71 bits per heavy atom. The van der Waals surface area contributed by atoms with Crippen LogP contribution in [0.3, 0.4) is 0 Å². The number of hydrogen-bond donors (Lipinski definition) is 0. The molecule has 0 spiro atoms. The van der Waals surface area contributed by atoms with Gasteiger partial charge < -0.3 is 9.64 Å². The van der Waals surface area contributed by atoms with Gasteiger partial charge in [0, 0.05) is 25.2 Å². The summed E-state index contributed by atoms with van der Waals surface area (Å²) in [5.74, 6) is 1.16. The first-order valence-electron chi connectivity index (χ1n) is 7.85. The molecule has 128 valence electrons. The van der Waals surface area contributed by atoms with Crippen LogP contribution >= 0.6 is 0 Å². The van der Waals surface area contributed by atoms with E-state index in [1.54, 1.807) is 4.90 Å². The Morgan fingerprint density at radius 1 is 1.17 bits per heavy atom. The van der Waals surface area contributed by atoms with Crippen LogP contribution in [0.4, 0.5) is 19.1 Å². The number of ether oxygens (including phenoxy) is 1. The van der Waals surface area contributed by atoms with E-state index in [1.807, 2.05) is 30.3 Å². The third-order valence-corrected chi connectivity index (χ3v) is 3.96. The Morgan fingerprint density at radius 2 is 1.96 bits per heavy atom. The molecule has 0 saturated carbocycles. The van der Waals surface area contributed by atoms with Crippen LogP contribution in [0, 0.1) is 5.92 Å². The largest absolute Gasteiger partial charge is 0.493 e. The van der Waals surface area contributed by atoms with Crippen molar-refractivity contribution in [3.8, 4) is 5.75 Å². The lowest BCUT2D eigenvalue weighted by molar-refractivity contribution is -0.141. The van der Waals surface area contributed by atoms with Crippen LogP contribution in [0.25, 0.3) is 0 Å². The van der Waals surface area contributed by atoms with Crippen LogP contribution in [0.2, 0.25) is 0 Å². The van der Waals surface area contributed by atoms with E-state index in [9.17, 15) is 13.2 Å². The molecule has 1 aliphatic heterocycles. The standard InChI is InChI=1S/C17H18F3N3O/c18-17(19,20)15-8-9-21-16(22-15)23-10-4-5-13(11-23)12-24-14-6-2-1-3-7-14/h1-3,6-9,13H,4-5,10-12H2. The highest BCUT2D eigenvalue weighted by atomic mass is 19.4. The van der Waals surface area contributed by atoms with E-state index in [0.717, 1.165) is 30.9 Å². The van der Waals surface area contributed by atoms with E-state index in [-0.39, 0.29) is 11.9 Å². The first-order valence-corrected chi connectivity index (χ1v) is 7.85. The Kier molecular flexibility index (Phi) is 4.87. The molecule has 2 heterocycles. The molecule has 1 aliphatic rings. The molecule has 0 amide bonds. The van der Waals surface area contributed by atoms with Gasteiger partial charge in [0.05, 0.1) is 6.61 Å². The van der Waals surface area contributed by atoms with Crippen molar-refractivity contribution in [2.75, 3.05) is 24.6 Å². The first kappa shape index (κ1) is 16.5. The fourth-order valence-electron chi connectivity index (χ4n) is 2.77. The summed E-state index contributed by atoms with van der Waals surface area (Å²) in [6, 6.07) is 10.4. The van der Waals surface area contributed by atoms with Crippen molar-refractivity contribution in [1.29, 1.82) is 0 Å². The average Bonchev–Trinajstić information content (AvgIpc) is 2.60. The lowest BCUT2D eigenvalue weighted by atomic mass is 9.99. The highest BCUT2D eigenvalue weighted by molar-refractivity contribution is 5.31. The molecule has 1 atom stereocenters. The van der Waals surface area contributed by atoms with E-state index >= 15 is 0 Å². The molecule has 4 nitrogen and oxygen atoms in total. The second-order valence-corrected chi connectivity index (χ2v) is 5.82. The summed E-state index contributed by atoms with van der Waals surface area (Å²) in [4.78, 5) is 9.48. The maximum atomic E-state index is 12.8. The number of halogens is 3. The summed E-state index contributed by atoms with van der Waals surface area (Å²) in [5, 5.41) is 0. The smallest absolute Gasteiger partial charge is 0.433 e. The number of rotatable bonds is 4. The molecule has 24 heavy (non-hydrogen) atoms. The summed E-state index contributed by atoms with van der Waals surface area (Å²) < 4.78 is 44.1. The van der Waals surface area contributed by atoms with Crippen molar-refractivity contribution in [2.24, 2.45) is 5.92 Å². The molecule has 1 unspecified atom stereocenters. The summed E-state index contributed by atoms with van der Waals surface area (Å²) >= 11 is 0. The van der Waals surface area contributed by atoms with E-state index < -0.39 is 11.9 Å². The van der Waals surface area contributed by atoms with Crippen LogP contribution in [-0.4, -0.2) is 29.7 Å². The molecule has 1 saturated heterocycles. The molecule has 0 bridgehead atoms. The normalized spacial score (nSPS) is 18.5. The van der Waals surface area contributed by atoms with Crippen molar-refractivity contribution >= 4 is 5.95 Å². The molecule has 0 N–H and O–H groups in total. The minimum atomic E-state index is -4.46. The highest BCUT2D eigenvalue weighted by Gasteiger charge is 2.33. The second kappa shape index (κ2) is 7.07. The van der Waals surface area contributed by atoms with Gasteiger partial charge >= 0.3 is 6.18 Å². The molecular formula is C17H18F3N3O. The Balaban J connectivity index is 1.63. The number of hydrogen-bond acceptors (Lipinski definition) is 4. The van der Waals surface area contributed by atoms with Crippen molar-refractivity contribution in [3.63, 3.8) is 0 Å². The van der Waals surface area contributed by atoms with Gasteiger partial charge in [0.1, 0.15) is 11.4 Å². The van der Waals surface area contributed by atoms with Crippen LogP contribution in [0.15, 0.2) is 42.6 Å². The van der Waals surface area contributed by atoms with Gasteiger partial charge in [0.15, 0.2) is 0 Å². The minimum Gasteiger partial charge on any atom is -0.493 e. The second-order valence-electron chi connectivity index (χ2n) is 5.82. The highest BCUT2D eigenvalue weighted by Crippen LogP contribution is 2.29. The van der Waals surface area contributed by atoms with Gasteiger partial charge in [-0.2, -0.15) is 13.2 Å². The number of para-hydroxylation sites is 1. The molecule has 1 aromatic carbocycles. The monoisotopic (exact) mass is 337 g/mol. The number of piperidine rings is 1. The molecule has 1 fully saturated rings. The van der Waals surface area contributed by atoms with Crippen LogP contribution in [0.1, 0.15) is 18.5 Å². The summed E-state index contributed by atoms with van der Waals surface area (Å²) in [6.07, 6.45) is -1.44. The van der Waals surface area contributed by atoms with Crippen molar-refractivity contribution < 1.29 is 17.9 Å². The maximum Gasteiger partial charge on any atom is 0.433 e. The molecule has 2 aromatic rings. The zero-order valence-electron chi connectivity index (χ0n) is 13.0. The lowest BCUT2D eigenvalue weighted by Crippen LogP contribution is -2.39. The predicted molar refractivity (Wildman–Crippen MR) is 83.9 cm³/mol. The number of alkyl halides is 3. The number of aromatic nitrogens is 2. The first-order chi connectivity index (χ1) is 11.5. The van der Waals surface area contributed by atoms with Crippen molar-refractivity contribution in [1.82, 2.24) is 9.97 Å². The number of anilines is 1. The fourth-order valence-corrected chi connectivity index (χ4v) is 2.77. The Labute approximate surface area is 138 Å². The zero-order chi connectivity index (χ0) is 17.0. The topological polar surface area (TPSA) is 38.2 Å². The van der Waals surface area contributed by atoms with Gasteiger partial charge in [-0.1, -0.05) is 18.2 Å². The van der Waals surface area contributed by atoms with Crippen molar-refractivity contribution in [2.45, 2.75) is 19.0 Å². The van der Waals surface area contributed by atoms with Crippen LogP contribution in [0.5, 0.6) is 5.75 Å². The SMILES string of the molecule is FC(F)(F)c1ccnc(N2CCCC(COc3ccccc3)C2)n1. The zero-order valence-corrected chi connectivity index (χ0v) is 13.0. The van der Waals surface area contributed by atoms with Crippen LogP contribution < -0.4 is 9.64 Å². The van der Waals surface area contributed by atoms with Gasteiger partial charge in [-0.15, -0.1) is 0 Å². The molecule has 7 heteroatoms. The van der Waals surface area contributed by atoms with E-state index in [0.29, 0.717) is 19.7 Å². The van der Waals surface area contributed by atoms with E-state index in [4.69, 9.17) is 4.74 Å². The molecular weight excluding hydrogens is 319 g/mol. The summed E-state index contributed by atoms with van der Waals surface area (Å²) in [6.45, 7) is 1.77. The third kappa shape index (κ3) is 4.15. The Bertz CT molecular complexity index is 664. The van der Waals surface area contributed by atoms with Crippen LogP contribution in [-0.2, 0) is 6.18 Å². The van der Waals surface area contributed by atoms with Gasteiger partial charge in [-0.05, 0) is 31.0 Å². The third-order valence-electron chi connectivity index (χ3n) is 3.96. The van der Waals surface area contributed by atoms with E-state index in [1.165, 1.54) is 0 Å². The lowest BCUT2D eigenvalue weighted by Gasteiger charge is -2.32. The van der Waals surface area contributed by atoms with Gasteiger partial charge in [0.2, 0.25) is 5.95 Å². The van der Waals surface area contributed by atoms with Gasteiger partial charge in [-0.3, -0.25) is 0 Å².